The van der Waals surface area contributed by atoms with Crippen LogP contribution in [0.15, 0.2) is 53.4 Å². The van der Waals surface area contributed by atoms with E-state index in [1.54, 1.807) is 7.11 Å². The highest BCUT2D eigenvalue weighted by molar-refractivity contribution is 8.01. The van der Waals surface area contributed by atoms with Gasteiger partial charge in [0.25, 0.3) is 0 Å². The van der Waals surface area contributed by atoms with Crippen molar-refractivity contribution in [3.63, 3.8) is 0 Å². The van der Waals surface area contributed by atoms with Crippen molar-refractivity contribution in [3.8, 4) is 5.75 Å². The van der Waals surface area contributed by atoms with Crippen LogP contribution in [0, 0.1) is 0 Å². The Morgan fingerprint density at radius 3 is 2.62 bits per heavy atom. The number of rotatable bonds is 5. The number of methoxy groups -OCH3 is 1. The van der Waals surface area contributed by atoms with Gasteiger partial charge in [-0.1, -0.05) is 12.1 Å². The third kappa shape index (κ3) is 4.74. The summed E-state index contributed by atoms with van der Waals surface area (Å²) >= 11 is 1.49. The molecule has 2 aromatic rings. The van der Waals surface area contributed by atoms with Gasteiger partial charge in [0.2, 0.25) is 11.8 Å². The third-order valence-corrected chi connectivity index (χ3v) is 6.78. The maximum atomic E-state index is 12.8. The third-order valence-electron chi connectivity index (χ3n) is 5.50. The van der Waals surface area contributed by atoms with Gasteiger partial charge in [0.15, 0.2) is 0 Å². The molecule has 2 heterocycles. The average molecular weight is 413 g/mol. The number of ether oxygens (including phenoxy) is 1. The first-order chi connectivity index (χ1) is 14.1. The molecule has 4 rings (SSSR count). The minimum atomic E-state index is -0.359. The summed E-state index contributed by atoms with van der Waals surface area (Å²) in [5, 5.41) is 2.56. The smallest absolute Gasteiger partial charge is 0.238 e. The average Bonchev–Trinajstić information content (AvgIpc) is 2.75. The molecule has 2 N–H and O–H groups in total. The second-order valence-electron chi connectivity index (χ2n) is 7.45. The molecule has 2 aliphatic rings. The molecule has 0 aromatic heterocycles. The topological polar surface area (TPSA) is 63.1 Å². The van der Waals surface area contributed by atoms with Crippen molar-refractivity contribution in [2.24, 2.45) is 0 Å². The Morgan fingerprint density at radius 2 is 1.90 bits per heavy atom. The molecule has 0 saturated carbocycles. The van der Waals surface area contributed by atoms with Crippen LogP contribution in [0.3, 0.4) is 0 Å². The molecule has 2 aromatic carbocycles. The molecular formula is C22H26N3O3S+. The van der Waals surface area contributed by atoms with Gasteiger partial charge in [0.1, 0.15) is 12.3 Å². The van der Waals surface area contributed by atoms with Gasteiger partial charge < -0.3 is 19.9 Å². The zero-order valence-electron chi connectivity index (χ0n) is 16.5. The van der Waals surface area contributed by atoms with E-state index in [1.165, 1.54) is 22.2 Å². The van der Waals surface area contributed by atoms with Gasteiger partial charge in [-0.2, -0.15) is 0 Å². The summed E-state index contributed by atoms with van der Waals surface area (Å²) in [5.74, 6) is 0.859. The van der Waals surface area contributed by atoms with E-state index >= 15 is 0 Å². The predicted octanol–water partition coefficient (Wildman–Crippen LogP) is 1.43. The number of benzene rings is 2. The standard InChI is InChI=1S/C22H25N3O3S/c1-28-17-8-6-16(7-9-17)15-24-10-12-25(13-11-24)21(26)14-20-22(27)23-18-4-2-3-5-19(18)29-20/h2-9,20H,10-15H2,1H3,(H,23,27)/p+1/t20-/m1/s1. The summed E-state index contributed by atoms with van der Waals surface area (Å²) in [7, 11) is 1.67. The van der Waals surface area contributed by atoms with Gasteiger partial charge >= 0.3 is 0 Å². The van der Waals surface area contributed by atoms with Crippen LogP contribution >= 0.6 is 11.8 Å². The number of hydrogen-bond acceptors (Lipinski definition) is 4. The van der Waals surface area contributed by atoms with Crippen LogP contribution in [0.1, 0.15) is 12.0 Å². The Bertz CT molecular complexity index is 879. The number of hydrogen-bond donors (Lipinski definition) is 2. The van der Waals surface area contributed by atoms with Crippen LogP contribution < -0.4 is 15.0 Å². The quantitative estimate of drug-likeness (QED) is 0.780. The molecule has 2 amide bonds. The molecular weight excluding hydrogens is 386 g/mol. The van der Waals surface area contributed by atoms with Crippen LogP contribution in [-0.2, 0) is 16.1 Å². The molecule has 0 radical (unpaired) electrons. The van der Waals surface area contributed by atoms with Crippen molar-refractivity contribution in [2.75, 3.05) is 38.6 Å². The number of piperazine rings is 1. The van der Waals surface area contributed by atoms with Gasteiger partial charge in [-0.15, -0.1) is 11.8 Å². The number of quaternary nitrogens is 1. The molecule has 6 nitrogen and oxygen atoms in total. The second kappa shape index (κ2) is 8.88. The van der Waals surface area contributed by atoms with Crippen molar-refractivity contribution in [1.29, 1.82) is 0 Å². The fraction of sp³-hybridized carbons (Fsp3) is 0.364. The Balaban J connectivity index is 1.27. The van der Waals surface area contributed by atoms with E-state index in [0.717, 1.165) is 49.1 Å². The van der Waals surface area contributed by atoms with Gasteiger partial charge in [0.05, 0.1) is 44.2 Å². The zero-order valence-corrected chi connectivity index (χ0v) is 17.3. The maximum Gasteiger partial charge on any atom is 0.238 e. The first-order valence-corrected chi connectivity index (χ1v) is 10.8. The molecule has 0 bridgehead atoms. The number of nitrogens with one attached hydrogen (secondary N) is 2. The van der Waals surface area contributed by atoms with E-state index in [0.29, 0.717) is 0 Å². The van der Waals surface area contributed by atoms with E-state index < -0.39 is 0 Å². The number of thioether (sulfide) groups is 1. The number of carbonyl (C=O) groups excluding carboxylic acids is 2. The van der Waals surface area contributed by atoms with Crippen LogP contribution in [0.5, 0.6) is 5.75 Å². The van der Waals surface area contributed by atoms with Crippen LogP contribution in [0.4, 0.5) is 5.69 Å². The number of amides is 2. The lowest BCUT2D eigenvalue weighted by Crippen LogP contribution is -3.13. The number of fused-ring (bicyclic) bond motifs is 1. The van der Waals surface area contributed by atoms with E-state index in [4.69, 9.17) is 4.74 Å². The van der Waals surface area contributed by atoms with Crippen LogP contribution in [0.2, 0.25) is 0 Å². The molecule has 1 saturated heterocycles. The first-order valence-electron chi connectivity index (χ1n) is 9.93. The number of para-hydroxylation sites is 1. The van der Waals surface area contributed by atoms with Gasteiger partial charge in [-0.25, -0.2) is 0 Å². The molecule has 29 heavy (non-hydrogen) atoms. The highest BCUT2D eigenvalue weighted by Crippen LogP contribution is 2.36. The Labute approximate surface area is 175 Å². The van der Waals surface area contributed by atoms with Crippen molar-refractivity contribution in [1.82, 2.24) is 4.90 Å². The normalized spacial score (nSPS) is 19.4. The van der Waals surface area contributed by atoms with Gasteiger partial charge in [-0.05, 0) is 36.4 Å². The fourth-order valence-corrected chi connectivity index (χ4v) is 4.90. The maximum absolute atomic E-state index is 12.8. The highest BCUT2D eigenvalue weighted by Gasteiger charge is 2.32. The largest absolute Gasteiger partial charge is 0.497 e. The van der Waals surface area contributed by atoms with Gasteiger partial charge in [0, 0.05) is 16.9 Å². The Kier molecular flexibility index (Phi) is 6.06. The van der Waals surface area contributed by atoms with Crippen LogP contribution in [-0.4, -0.2) is 55.3 Å². The lowest BCUT2D eigenvalue weighted by Gasteiger charge is -2.33. The zero-order chi connectivity index (χ0) is 20.2. The summed E-state index contributed by atoms with van der Waals surface area (Å²) in [5.41, 5.74) is 2.11. The number of carbonyl (C=O) groups is 2. The van der Waals surface area contributed by atoms with E-state index in [2.05, 4.69) is 17.4 Å². The lowest BCUT2D eigenvalue weighted by atomic mass is 10.1. The number of nitrogens with zero attached hydrogens (tertiary/aromatic N) is 1. The van der Waals surface area contributed by atoms with Crippen molar-refractivity contribution >= 4 is 29.3 Å². The second-order valence-corrected chi connectivity index (χ2v) is 8.70. The van der Waals surface area contributed by atoms with E-state index in [9.17, 15) is 9.59 Å². The molecule has 2 aliphatic heterocycles. The molecule has 0 unspecified atom stereocenters. The molecule has 1 fully saturated rings. The van der Waals surface area contributed by atoms with Crippen molar-refractivity contribution in [3.05, 3.63) is 54.1 Å². The minimum absolute atomic E-state index is 0.0699. The van der Waals surface area contributed by atoms with Crippen LogP contribution in [0.25, 0.3) is 0 Å². The molecule has 7 heteroatoms. The fourth-order valence-electron chi connectivity index (χ4n) is 3.80. The van der Waals surface area contributed by atoms with E-state index in [1.807, 2.05) is 41.3 Å². The molecule has 1 atom stereocenters. The summed E-state index contributed by atoms with van der Waals surface area (Å²) in [6, 6.07) is 15.9. The van der Waals surface area contributed by atoms with Crippen molar-refractivity contribution in [2.45, 2.75) is 23.1 Å². The monoisotopic (exact) mass is 412 g/mol. The summed E-state index contributed by atoms with van der Waals surface area (Å²) in [4.78, 5) is 29.5. The summed E-state index contributed by atoms with van der Waals surface area (Å²) < 4.78 is 5.21. The Hall–Kier alpha value is -2.51. The minimum Gasteiger partial charge on any atom is -0.497 e. The lowest BCUT2D eigenvalue weighted by molar-refractivity contribution is -0.917. The van der Waals surface area contributed by atoms with E-state index in [-0.39, 0.29) is 23.5 Å². The predicted molar refractivity (Wildman–Crippen MR) is 113 cm³/mol. The van der Waals surface area contributed by atoms with Crippen molar-refractivity contribution < 1.29 is 19.2 Å². The Morgan fingerprint density at radius 1 is 1.17 bits per heavy atom. The summed E-state index contributed by atoms with van der Waals surface area (Å²) in [6.45, 7) is 4.26. The highest BCUT2D eigenvalue weighted by atomic mass is 32.2. The van der Waals surface area contributed by atoms with Gasteiger partial charge in [-0.3, -0.25) is 9.59 Å². The molecule has 0 aliphatic carbocycles. The summed E-state index contributed by atoms with van der Waals surface area (Å²) in [6.07, 6.45) is 0.249. The molecule has 0 spiro atoms. The number of anilines is 1. The molecule has 152 valence electrons. The first kappa shape index (κ1) is 19.8. The SMILES string of the molecule is COc1ccc(C[NH+]2CCN(C(=O)C[C@H]3Sc4ccccc4NC3=O)CC2)cc1.